The van der Waals surface area contributed by atoms with Crippen LogP contribution < -0.4 is 5.32 Å². The number of hydrogen-bond acceptors (Lipinski definition) is 4. The third-order valence-electron chi connectivity index (χ3n) is 1.72. The number of rotatable bonds is 4. The Labute approximate surface area is 92.0 Å². The van der Waals surface area contributed by atoms with Gasteiger partial charge in [-0.05, 0) is 19.1 Å². The van der Waals surface area contributed by atoms with Crippen molar-refractivity contribution in [1.29, 1.82) is 0 Å². The SMILES string of the molecule is Cc1nc(Cl)ccc1NC=C(C=O)C=O. The van der Waals surface area contributed by atoms with E-state index in [0.29, 0.717) is 29.1 Å². The summed E-state index contributed by atoms with van der Waals surface area (Å²) in [6, 6.07) is 3.33. The predicted molar refractivity (Wildman–Crippen MR) is 57.8 cm³/mol. The van der Waals surface area contributed by atoms with E-state index in [1.165, 1.54) is 6.20 Å². The van der Waals surface area contributed by atoms with E-state index in [4.69, 9.17) is 11.6 Å². The van der Waals surface area contributed by atoms with Crippen LogP contribution in [0.1, 0.15) is 5.69 Å². The quantitative estimate of drug-likeness (QED) is 0.278. The first kappa shape index (κ1) is 11.4. The molecule has 1 aromatic heterocycles. The summed E-state index contributed by atoms with van der Waals surface area (Å²) in [5.74, 6) is 0. The van der Waals surface area contributed by atoms with Crippen molar-refractivity contribution in [3.8, 4) is 0 Å². The molecule has 0 aromatic carbocycles. The van der Waals surface area contributed by atoms with Crippen LogP contribution in [0.15, 0.2) is 23.9 Å². The lowest BCUT2D eigenvalue weighted by Crippen LogP contribution is -1.97. The van der Waals surface area contributed by atoms with Crippen LogP contribution in [0.3, 0.4) is 0 Å². The van der Waals surface area contributed by atoms with Gasteiger partial charge in [0.05, 0.1) is 17.0 Å². The first-order valence-electron chi connectivity index (χ1n) is 4.17. The van der Waals surface area contributed by atoms with E-state index < -0.39 is 0 Å². The number of carbonyl (C=O) groups excluding carboxylic acids is 2. The molecule has 1 N–H and O–H groups in total. The van der Waals surface area contributed by atoms with Crippen molar-refractivity contribution < 1.29 is 9.59 Å². The second kappa shape index (κ2) is 5.26. The highest BCUT2D eigenvalue weighted by Crippen LogP contribution is 2.15. The zero-order valence-corrected chi connectivity index (χ0v) is 8.78. The van der Waals surface area contributed by atoms with Gasteiger partial charge in [-0.2, -0.15) is 0 Å². The molecule has 1 rings (SSSR count). The number of anilines is 1. The monoisotopic (exact) mass is 224 g/mol. The molecule has 0 radical (unpaired) electrons. The lowest BCUT2D eigenvalue weighted by molar-refractivity contribution is -0.109. The topological polar surface area (TPSA) is 59.1 Å². The number of nitrogens with one attached hydrogen (secondary N) is 1. The Balaban J connectivity index is 2.85. The molecule has 0 saturated heterocycles. The van der Waals surface area contributed by atoms with Crippen molar-refractivity contribution >= 4 is 29.9 Å². The van der Waals surface area contributed by atoms with E-state index in [9.17, 15) is 9.59 Å². The average molecular weight is 225 g/mol. The summed E-state index contributed by atoms with van der Waals surface area (Å²) in [5.41, 5.74) is 1.42. The van der Waals surface area contributed by atoms with Crippen LogP contribution >= 0.6 is 11.6 Å². The summed E-state index contributed by atoms with van der Waals surface area (Å²) >= 11 is 5.67. The molecular formula is C10H9ClN2O2. The highest BCUT2D eigenvalue weighted by Gasteiger charge is 1.99. The zero-order chi connectivity index (χ0) is 11.3. The second-order valence-electron chi connectivity index (χ2n) is 2.79. The van der Waals surface area contributed by atoms with Crippen LogP contribution in [0.25, 0.3) is 0 Å². The molecular weight excluding hydrogens is 216 g/mol. The van der Waals surface area contributed by atoms with E-state index >= 15 is 0 Å². The van der Waals surface area contributed by atoms with Crippen molar-refractivity contribution in [2.75, 3.05) is 5.32 Å². The standard InChI is InChI=1S/C10H9ClN2O2/c1-7-9(2-3-10(11)13-7)12-4-8(5-14)6-15/h2-6,12H,1H3. The maximum absolute atomic E-state index is 10.3. The molecule has 0 amide bonds. The predicted octanol–water partition coefficient (Wildman–Crippen LogP) is 1.74. The Morgan fingerprint density at radius 2 is 2.07 bits per heavy atom. The maximum atomic E-state index is 10.3. The molecule has 5 heteroatoms. The summed E-state index contributed by atoms with van der Waals surface area (Å²) in [5, 5.41) is 3.19. The van der Waals surface area contributed by atoms with Crippen molar-refractivity contribution in [1.82, 2.24) is 4.98 Å². The Bertz CT molecular complexity index is 406. The van der Waals surface area contributed by atoms with Crippen LogP contribution in [0.4, 0.5) is 5.69 Å². The Morgan fingerprint density at radius 3 is 2.60 bits per heavy atom. The van der Waals surface area contributed by atoms with E-state index in [2.05, 4.69) is 10.3 Å². The first-order chi connectivity index (χ1) is 7.17. The molecule has 4 nitrogen and oxygen atoms in total. The highest BCUT2D eigenvalue weighted by molar-refractivity contribution is 6.29. The summed E-state index contributed by atoms with van der Waals surface area (Å²) in [4.78, 5) is 24.6. The Hall–Kier alpha value is -1.68. The molecule has 0 saturated carbocycles. The number of aryl methyl sites for hydroxylation is 1. The molecule has 0 spiro atoms. The minimum atomic E-state index is 0.0318. The molecule has 0 atom stereocenters. The number of halogens is 1. The van der Waals surface area contributed by atoms with Gasteiger partial charge in [-0.25, -0.2) is 4.98 Å². The molecule has 0 aliphatic rings. The fourth-order valence-corrected chi connectivity index (χ4v) is 1.13. The number of allylic oxidation sites excluding steroid dienone is 1. The van der Waals surface area contributed by atoms with E-state index in [1.807, 2.05) is 0 Å². The Kier molecular flexibility index (Phi) is 4.00. The van der Waals surface area contributed by atoms with Crippen LogP contribution in [0, 0.1) is 6.92 Å². The smallest absolute Gasteiger partial charge is 0.154 e. The number of aldehydes is 2. The van der Waals surface area contributed by atoms with E-state index in [-0.39, 0.29) is 5.57 Å². The van der Waals surface area contributed by atoms with Crippen LogP contribution in [-0.4, -0.2) is 17.6 Å². The molecule has 0 aliphatic heterocycles. The van der Waals surface area contributed by atoms with Crippen molar-refractivity contribution in [3.63, 3.8) is 0 Å². The molecule has 15 heavy (non-hydrogen) atoms. The first-order valence-corrected chi connectivity index (χ1v) is 4.55. The fourth-order valence-electron chi connectivity index (χ4n) is 0.940. The van der Waals surface area contributed by atoms with Crippen molar-refractivity contribution in [2.45, 2.75) is 6.92 Å². The van der Waals surface area contributed by atoms with Crippen LogP contribution in [-0.2, 0) is 9.59 Å². The lowest BCUT2D eigenvalue weighted by Gasteiger charge is -2.04. The van der Waals surface area contributed by atoms with E-state index in [1.54, 1.807) is 19.1 Å². The second-order valence-corrected chi connectivity index (χ2v) is 3.18. The van der Waals surface area contributed by atoms with Gasteiger partial charge < -0.3 is 5.32 Å². The highest BCUT2D eigenvalue weighted by atomic mass is 35.5. The van der Waals surface area contributed by atoms with Crippen LogP contribution in [0.2, 0.25) is 5.15 Å². The van der Waals surface area contributed by atoms with Gasteiger partial charge in [-0.1, -0.05) is 11.6 Å². The van der Waals surface area contributed by atoms with Crippen molar-refractivity contribution in [3.05, 3.63) is 34.8 Å². The van der Waals surface area contributed by atoms with Gasteiger partial charge in [-0.3, -0.25) is 9.59 Å². The molecule has 1 aromatic rings. The molecule has 0 bridgehead atoms. The molecule has 0 unspecified atom stereocenters. The van der Waals surface area contributed by atoms with E-state index in [0.717, 1.165) is 0 Å². The molecule has 78 valence electrons. The summed E-state index contributed by atoms with van der Waals surface area (Å²) in [7, 11) is 0. The minimum absolute atomic E-state index is 0.0318. The van der Waals surface area contributed by atoms with Gasteiger partial charge in [0.15, 0.2) is 12.6 Å². The normalized spacial score (nSPS) is 9.20. The molecule has 1 heterocycles. The number of carbonyl (C=O) groups is 2. The van der Waals surface area contributed by atoms with Gasteiger partial charge in [-0.15, -0.1) is 0 Å². The van der Waals surface area contributed by atoms with Gasteiger partial charge in [0, 0.05) is 6.20 Å². The summed E-state index contributed by atoms with van der Waals surface area (Å²) < 4.78 is 0. The number of hydrogen-bond donors (Lipinski definition) is 1. The minimum Gasteiger partial charge on any atom is -0.359 e. The lowest BCUT2D eigenvalue weighted by atomic mass is 10.3. The molecule has 0 aliphatic carbocycles. The third kappa shape index (κ3) is 3.18. The average Bonchev–Trinajstić information content (AvgIpc) is 2.22. The Morgan fingerprint density at radius 1 is 1.40 bits per heavy atom. The van der Waals surface area contributed by atoms with Gasteiger partial charge in [0.2, 0.25) is 0 Å². The third-order valence-corrected chi connectivity index (χ3v) is 1.93. The van der Waals surface area contributed by atoms with Gasteiger partial charge in [0.1, 0.15) is 5.15 Å². The number of nitrogens with zero attached hydrogens (tertiary/aromatic N) is 1. The van der Waals surface area contributed by atoms with Crippen LogP contribution in [0.5, 0.6) is 0 Å². The number of pyridine rings is 1. The number of aromatic nitrogens is 1. The largest absolute Gasteiger partial charge is 0.359 e. The van der Waals surface area contributed by atoms with Crippen molar-refractivity contribution in [2.24, 2.45) is 0 Å². The zero-order valence-electron chi connectivity index (χ0n) is 8.03. The maximum Gasteiger partial charge on any atom is 0.154 e. The summed E-state index contributed by atoms with van der Waals surface area (Å²) in [6.45, 7) is 1.77. The molecule has 0 fully saturated rings. The summed E-state index contributed by atoms with van der Waals surface area (Å²) in [6.07, 6.45) is 2.26. The fraction of sp³-hybridized carbons (Fsp3) is 0.100. The van der Waals surface area contributed by atoms with Gasteiger partial charge >= 0.3 is 0 Å². The van der Waals surface area contributed by atoms with Gasteiger partial charge in [0.25, 0.3) is 0 Å².